The molecule has 0 spiro atoms. The highest BCUT2D eigenvalue weighted by atomic mass is 19.4. The number of fused-ring (bicyclic) bond motifs is 1. The topological polar surface area (TPSA) is 84.2 Å². The summed E-state index contributed by atoms with van der Waals surface area (Å²) < 4.78 is 58.9. The first-order valence-electron chi connectivity index (χ1n) is 12.2. The lowest BCUT2D eigenvalue weighted by Crippen LogP contribution is -2.22. The van der Waals surface area contributed by atoms with Crippen molar-refractivity contribution in [2.24, 2.45) is 5.41 Å². The zero-order valence-corrected chi connectivity index (χ0v) is 21.9. The minimum absolute atomic E-state index is 0.0625. The van der Waals surface area contributed by atoms with E-state index in [-0.39, 0.29) is 46.0 Å². The lowest BCUT2D eigenvalue weighted by Gasteiger charge is -2.17. The number of hydrogen-bond donors (Lipinski definition) is 2. The molecule has 2 aromatic carbocycles. The second kappa shape index (κ2) is 10.8. The third-order valence-corrected chi connectivity index (χ3v) is 6.19. The minimum atomic E-state index is -4.55. The van der Waals surface area contributed by atoms with Crippen LogP contribution in [-0.2, 0) is 0 Å². The lowest BCUT2D eigenvalue weighted by atomic mass is 9.86. The molecule has 4 rings (SSSR count). The summed E-state index contributed by atoms with van der Waals surface area (Å²) >= 11 is 0. The fourth-order valence-corrected chi connectivity index (χ4v) is 4.13. The Hall–Kier alpha value is -4.65. The molecule has 2 N–H and O–H groups in total. The number of ketones is 1. The monoisotopic (exact) mass is 551 g/mol. The zero-order chi connectivity index (χ0) is 29.2. The number of halogens is 4. The standard InChI is InChI=1S/C30H25F4N3O3/c1-5-29(2,3)15-23(38)19-8-6-7-18(13-19)21-14-22-24(27(39)35-4)25(17-9-11-20(31)12-10-17)40-28(22)37-26(21)36-16-30(32,33)34/h1,6-14H,15-16H2,2-4H3,(H,35,39)(H,36,37). The molecule has 4 aromatic rings. The van der Waals surface area contributed by atoms with E-state index in [2.05, 4.69) is 21.5 Å². The van der Waals surface area contributed by atoms with Crippen molar-refractivity contribution in [3.63, 3.8) is 0 Å². The van der Waals surface area contributed by atoms with Gasteiger partial charge in [-0.3, -0.25) is 9.59 Å². The van der Waals surface area contributed by atoms with Gasteiger partial charge < -0.3 is 15.1 Å². The van der Waals surface area contributed by atoms with E-state index in [1.165, 1.54) is 43.4 Å². The zero-order valence-electron chi connectivity index (χ0n) is 21.9. The molecule has 0 saturated heterocycles. The quantitative estimate of drug-likeness (QED) is 0.142. The second-order valence-electron chi connectivity index (χ2n) is 9.81. The van der Waals surface area contributed by atoms with Gasteiger partial charge in [-0.2, -0.15) is 18.2 Å². The number of anilines is 1. The van der Waals surface area contributed by atoms with E-state index in [1.54, 1.807) is 32.0 Å². The number of carbonyl (C=O) groups is 2. The number of carbonyl (C=O) groups excluding carboxylic acids is 2. The Morgan fingerprint density at radius 2 is 1.75 bits per heavy atom. The van der Waals surface area contributed by atoms with Crippen molar-refractivity contribution in [1.82, 2.24) is 10.3 Å². The van der Waals surface area contributed by atoms with Crippen LogP contribution in [0.3, 0.4) is 0 Å². The Kier molecular flexibility index (Phi) is 7.69. The number of benzene rings is 2. The Labute approximate surface area is 227 Å². The van der Waals surface area contributed by atoms with E-state index in [1.807, 2.05) is 0 Å². The maximum Gasteiger partial charge on any atom is 0.405 e. The lowest BCUT2D eigenvalue weighted by molar-refractivity contribution is -0.115. The minimum Gasteiger partial charge on any atom is -0.437 e. The molecule has 206 valence electrons. The predicted molar refractivity (Wildman–Crippen MR) is 144 cm³/mol. The molecular formula is C30H25F4N3O3. The number of nitrogens with one attached hydrogen (secondary N) is 2. The van der Waals surface area contributed by atoms with E-state index in [4.69, 9.17) is 10.8 Å². The van der Waals surface area contributed by atoms with Crippen LogP contribution in [0.5, 0.6) is 0 Å². The van der Waals surface area contributed by atoms with Crippen LogP contribution >= 0.6 is 0 Å². The summed E-state index contributed by atoms with van der Waals surface area (Å²) in [5, 5.41) is 5.05. The Morgan fingerprint density at radius 3 is 2.38 bits per heavy atom. The Morgan fingerprint density at radius 1 is 1.05 bits per heavy atom. The third-order valence-electron chi connectivity index (χ3n) is 6.19. The molecule has 10 heteroatoms. The summed E-state index contributed by atoms with van der Waals surface area (Å²) in [7, 11) is 1.41. The van der Waals surface area contributed by atoms with E-state index in [9.17, 15) is 27.2 Å². The SMILES string of the molecule is C#CC(C)(C)CC(=O)c1cccc(-c2cc3c(C(=O)NC)c(-c4ccc(F)cc4)oc3nc2NCC(F)(F)F)c1. The maximum absolute atomic E-state index is 13.6. The smallest absolute Gasteiger partial charge is 0.405 e. The van der Waals surface area contributed by atoms with Gasteiger partial charge in [0, 0.05) is 35.6 Å². The Balaban J connectivity index is 1.92. The van der Waals surface area contributed by atoms with Crippen LogP contribution in [0.4, 0.5) is 23.4 Å². The number of terminal acetylenes is 1. The summed E-state index contributed by atoms with van der Waals surface area (Å²) in [6.45, 7) is 2.12. The van der Waals surface area contributed by atoms with Gasteiger partial charge in [0.05, 0.1) is 10.9 Å². The van der Waals surface area contributed by atoms with Crippen molar-refractivity contribution >= 4 is 28.6 Å². The average Bonchev–Trinajstić information content (AvgIpc) is 3.29. The van der Waals surface area contributed by atoms with Gasteiger partial charge in [0.1, 0.15) is 23.9 Å². The van der Waals surface area contributed by atoms with Crippen molar-refractivity contribution in [3.8, 4) is 34.8 Å². The fraction of sp³-hybridized carbons (Fsp3) is 0.233. The molecule has 0 radical (unpaired) electrons. The van der Waals surface area contributed by atoms with Crippen molar-refractivity contribution in [1.29, 1.82) is 0 Å². The molecule has 2 heterocycles. The molecule has 0 unspecified atom stereocenters. The summed E-state index contributed by atoms with van der Waals surface area (Å²) in [6, 6.07) is 13.0. The van der Waals surface area contributed by atoms with Gasteiger partial charge in [-0.25, -0.2) is 4.39 Å². The van der Waals surface area contributed by atoms with Crippen LogP contribution in [-0.4, -0.2) is 36.4 Å². The molecule has 0 aliphatic carbocycles. The van der Waals surface area contributed by atoms with Gasteiger partial charge in [0.2, 0.25) is 5.71 Å². The summed E-state index contributed by atoms with van der Waals surface area (Å²) in [5.74, 6) is 1.20. The number of amides is 1. The maximum atomic E-state index is 13.6. The molecule has 40 heavy (non-hydrogen) atoms. The van der Waals surface area contributed by atoms with Crippen LogP contribution in [0.25, 0.3) is 33.6 Å². The van der Waals surface area contributed by atoms with Crippen LogP contribution in [0.1, 0.15) is 41.0 Å². The van der Waals surface area contributed by atoms with Crippen molar-refractivity contribution in [2.45, 2.75) is 26.4 Å². The number of furan rings is 1. The number of aromatic nitrogens is 1. The van der Waals surface area contributed by atoms with Gasteiger partial charge in [-0.05, 0) is 55.8 Å². The first-order valence-corrected chi connectivity index (χ1v) is 12.2. The van der Waals surface area contributed by atoms with E-state index < -0.39 is 29.9 Å². The van der Waals surface area contributed by atoms with E-state index >= 15 is 0 Å². The number of nitrogens with zero attached hydrogens (tertiary/aromatic N) is 1. The number of Topliss-reactive ketones (excluding diaryl/α,β-unsaturated/α-hetero) is 1. The summed E-state index contributed by atoms with van der Waals surface area (Å²) in [5.41, 5.74) is 0.553. The highest BCUT2D eigenvalue weighted by molar-refractivity contribution is 6.11. The second-order valence-corrected chi connectivity index (χ2v) is 9.81. The van der Waals surface area contributed by atoms with Crippen LogP contribution in [0.2, 0.25) is 0 Å². The molecule has 0 aliphatic rings. The van der Waals surface area contributed by atoms with Gasteiger partial charge in [0.15, 0.2) is 5.78 Å². The first kappa shape index (κ1) is 28.4. The molecule has 0 atom stereocenters. The van der Waals surface area contributed by atoms with E-state index in [0.717, 1.165) is 0 Å². The number of pyridine rings is 1. The molecule has 1 amide bonds. The molecule has 2 aromatic heterocycles. The molecule has 0 fully saturated rings. The van der Waals surface area contributed by atoms with Gasteiger partial charge in [-0.1, -0.05) is 18.2 Å². The number of hydrogen-bond acceptors (Lipinski definition) is 5. The predicted octanol–water partition coefficient (Wildman–Crippen LogP) is 6.87. The van der Waals surface area contributed by atoms with Gasteiger partial charge in [0.25, 0.3) is 5.91 Å². The summed E-state index contributed by atoms with van der Waals surface area (Å²) in [4.78, 5) is 30.2. The van der Waals surface area contributed by atoms with Crippen molar-refractivity contribution in [3.05, 3.63) is 71.5 Å². The molecular weight excluding hydrogens is 526 g/mol. The van der Waals surface area contributed by atoms with Crippen LogP contribution in [0.15, 0.2) is 59.0 Å². The van der Waals surface area contributed by atoms with E-state index in [0.29, 0.717) is 16.7 Å². The van der Waals surface area contributed by atoms with Crippen LogP contribution in [0, 0.1) is 23.6 Å². The van der Waals surface area contributed by atoms with Crippen LogP contribution < -0.4 is 10.6 Å². The van der Waals surface area contributed by atoms with Gasteiger partial charge in [-0.15, -0.1) is 12.3 Å². The normalized spacial score (nSPS) is 11.8. The largest absolute Gasteiger partial charge is 0.437 e. The molecule has 0 aliphatic heterocycles. The van der Waals surface area contributed by atoms with Crippen molar-refractivity contribution < 1.29 is 31.6 Å². The molecule has 6 nitrogen and oxygen atoms in total. The Bertz CT molecular complexity index is 1630. The number of alkyl halides is 3. The molecule has 0 saturated carbocycles. The first-order chi connectivity index (χ1) is 18.8. The summed E-state index contributed by atoms with van der Waals surface area (Å²) in [6.07, 6.45) is 1.03. The number of rotatable bonds is 8. The molecule has 0 bridgehead atoms. The van der Waals surface area contributed by atoms with Gasteiger partial charge >= 0.3 is 6.18 Å². The highest BCUT2D eigenvalue weighted by Crippen LogP contribution is 2.38. The highest BCUT2D eigenvalue weighted by Gasteiger charge is 2.29. The average molecular weight is 552 g/mol. The van der Waals surface area contributed by atoms with Crippen molar-refractivity contribution in [2.75, 3.05) is 18.9 Å². The fourth-order valence-electron chi connectivity index (χ4n) is 4.13. The third kappa shape index (κ3) is 6.15.